The Morgan fingerprint density at radius 1 is 0.540 bits per heavy atom. The fourth-order valence-electron chi connectivity index (χ4n) is 7.78. The summed E-state index contributed by atoms with van der Waals surface area (Å²) in [6.07, 6.45) is 27.1. The van der Waals surface area contributed by atoms with Crippen molar-refractivity contribution in [2.45, 2.75) is 135 Å². The van der Waals surface area contributed by atoms with Gasteiger partial charge in [-0.1, -0.05) is 85.2 Å². The van der Waals surface area contributed by atoms with Gasteiger partial charge >= 0.3 is 0 Å². The van der Waals surface area contributed by atoms with E-state index in [0.717, 1.165) is 80.7 Å². The number of ether oxygens (including phenoxy) is 2. The first kappa shape index (κ1) is 66.8. The van der Waals surface area contributed by atoms with E-state index in [9.17, 15) is 0 Å². The molecule has 0 aliphatic heterocycles. The van der Waals surface area contributed by atoms with Crippen molar-refractivity contribution in [3.63, 3.8) is 0 Å². The van der Waals surface area contributed by atoms with Crippen molar-refractivity contribution in [3.8, 4) is 58.4 Å². The Bertz CT molecular complexity index is 3910. The molecule has 19 nitrogen and oxygen atoms in total. The van der Waals surface area contributed by atoms with Crippen LogP contribution in [0.1, 0.15) is 147 Å². The number of aryl methyl sites for hydroxylation is 5. The molecule has 0 bridgehead atoms. The Labute approximate surface area is 522 Å². The molecule has 0 amide bonds. The number of nitrogen functional groups attached to an aromatic ring is 4. The molecule has 0 saturated heterocycles. The van der Waals surface area contributed by atoms with Crippen LogP contribution in [-0.2, 0) is 6.42 Å². The minimum Gasteiger partial charge on any atom is -0.451 e. The fourth-order valence-corrected chi connectivity index (χ4v) is 10.4. The van der Waals surface area contributed by atoms with Gasteiger partial charge in [-0.3, -0.25) is 4.98 Å². The van der Waals surface area contributed by atoms with Gasteiger partial charge in [0.25, 0.3) is 0 Å². The van der Waals surface area contributed by atoms with E-state index in [0.29, 0.717) is 87.5 Å². The van der Waals surface area contributed by atoms with Gasteiger partial charge in [-0.25, -0.2) is 59.8 Å². The third-order valence-electron chi connectivity index (χ3n) is 12.1. The second kappa shape index (κ2) is 30.1. The van der Waals surface area contributed by atoms with Gasteiger partial charge in [0, 0.05) is 98.7 Å². The van der Waals surface area contributed by atoms with Gasteiger partial charge in [0.05, 0.1) is 17.3 Å². The number of allylic oxidation sites excluding steroid dienone is 2. The maximum Gasteiger partial charge on any atom is 0.187 e. The standard InChI is InChI=1S/C17H19N5OS.C17H24N4OS.C16H16N4.C15H14N4S/c1-9(2)12-7-20-13(17-21-6-10(3)24-17)5-14(12)23-15-8-19-11(4)22-16(15)18;1-10(2)12-8-20-15(23-17(4,5)6)7-13(12)22-14-9-19-11(3)21-16(14)18;1-5-14-7-12(15(9-19-14)10(2)3)6-13-8-18-11(4)20-16(13)17;1-5-11-6-13(12(7-18-11)9(2)3)20-14-8-17-10(4)19-15(14)16/h5-9H,1-4H3,(H2,18,19,22);7-10H,1-6H3,(H2,18,19,21);1,7-9H,2,6H2,3-4H3,(H2,17,18,20);1,6-8H,2H2,3-4H3,(H2,16,17,19). The highest BCUT2D eigenvalue weighted by atomic mass is 32.2. The molecule has 0 atom stereocenters. The van der Waals surface area contributed by atoms with Gasteiger partial charge < -0.3 is 32.4 Å². The van der Waals surface area contributed by atoms with Crippen molar-refractivity contribution in [2.75, 3.05) is 22.9 Å². The topological polar surface area (TPSA) is 290 Å². The SMILES string of the molecule is C#Cc1cc(Cc2cnc(C)nc2N)c(C(=C)C)cn1.C#Cc1cc(Sc2cnc(C)nc2N)c(C(=C)C)cn1.Cc1ncc(Oc2cc(-c3ncc(C)s3)ncc2C(C)C)c(N)n1.Cc1ncc(Oc2cc(SC(C)(C)C)ncc2C(C)C)c(N)n1. The van der Waals surface area contributed by atoms with Gasteiger partial charge in [-0.05, 0) is 94.7 Å². The first-order valence-electron chi connectivity index (χ1n) is 27.4. The van der Waals surface area contributed by atoms with E-state index in [1.165, 1.54) is 11.8 Å². The van der Waals surface area contributed by atoms with Crippen LogP contribution in [0.15, 0.2) is 108 Å². The van der Waals surface area contributed by atoms with Crippen molar-refractivity contribution < 1.29 is 9.47 Å². The number of rotatable bonds is 14. The van der Waals surface area contributed by atoms with Crippen molar-refractivity contribution in [2.24, 2.45) is 0 Å². The number of thioether (sulfide) groups is 1. The highest BCUT2D eigenvalue weighted by Crippen LogP contribution is 2.39. The number of thiazole rings is 1. The Balaban J connectivity index is 0.000000186. The van der Waals surface area contributed by atoms with Crippen molar-refractivity contribution >= 4 is 69.3 Å². The normalized spacial score (nSPS) is 10.8. The van der Waals surface area contributed by atoms with Crippen LogP contribution >= 0.6 is 34.9 Å². The Morgan fingerprint density at radius 2 is 1.03 bits per heavy atom. The first-order chi connectivity index (χ1) is 41.1. The van der Waals surface area contributed by atoms with Crippen LogP contribution < -0.4 is 32.4 Å². The molecule has 0 radical (unpaired) electrons. The molecular formula is C65H73N17O2S3. The molecular weight excluding hydrogens is 1150 g/mol. The third-order valence-corrected chi connectivity index (χ3v) is 15.2. The van der Waals surface area contributed by atoms with E-state index in [4.69, 9.17) is 45.3 Å². The van der Waals surface area contributed by atoms with Crippen LogP contribution in [0.4, 0.5) is 23.3 Å². The number of nitrogens with zero attached hydrogens (tertiary/aromatic N) is 13. The molecule has 22 heteroatoms. The van der Waals surface area contributed by atoms with Gasteiger partial charge in [0.1, 0.15) is 73.5 Å². The minimum absolute atomic E-state index is 0.0790. The second-order valence-electron chi connectivity index (χ2n) is 21.4. The van der Waals surface area contributed by atoms with E-state index < -0.39 is 0 Å². The number of anilines is 4. The molecule has 8 N–H and O–H groups in total. The Kier molecular flexibility index (Phi) is 23.1. The van der Waals surface area contributed by atoms with Gasteiger partial charge in [0.15, 0.2) is 23.1 Å². The zero-order valence-corrected chi connectivity index (χ0v) is 54.1. The summed E-state index contributed by atoms with van der Waals surface area (Å²) < 4.78 is 12.1. The summed E-state index contributed by atoms with van der Waals surface area (Å²) in [5, 5.41) is 1.78. The molecule has 0 aliphatic carbocycles. The van der Waals surface area contributed by atoms with Crippen molar-refractivity contribution in [1.29, 1.82) is 0 Å². The van der Waals surface area contributed by atoms with Crippen LogP contribution in [0.5, 0.6) is 23.0 Å². The van der Waals surface area contributed by atoms with E-state index in [1.807, 2.05) is 70.6 Å². The largest absolute Gasteiger partial charge is 0.451 e. The molecule has 0 aliphatic rings. The summed E-state index contributed by atoms with van der Waals surface area (Å²) in [7, 11) is 0. The molecule has 0 aromatic carbocycles. The molecule has 448 valence electrons. The zero-order chi connectivity index (χ0) is 63.9. The molecule has 0 saturated carbocycles. The summed E-state index contributed by atoms with van der Waals surface area (Å²) in [6.45, 7) is 35.8. The number of hydrogen-bond acceptors (Lipinski definition) is 22. The predicted molar refractivity (Wildman–Crippen MR) is 354 cm³/mol. The van der Waals surface area contributed by atoms with E-state index >= 15 is 0 Å². The van der Waals surface area contributed by atoms with Crippen LogP contribution in [0.25, 0.3) is 21.8 Å². The van der Waals surface area contributed by atoms with Crippen LogP contribution in [0.2, 0.25) is 0 Å². The second-order valence-corrected chi connectivity index (χ2v) is 25.6. The molecule has 0 fully saturated rings. The number of aromatic nitrogens is 13. The smallest absolute Gasteiger partial charge is 0.187 e. The predicted octanol–water partition coefficient (Wildman–Crippen LogP) is 14.0. The molecule has 9 rings (SSSR count). The number of hydrogen-bond donors (Lipinski definition) is 4. The van der Waals surface area contributed by atoms with Gasteiger partial charge in [0.2, 0.25) is 0 Å². The third kappa shape index (κ3) is 19.3. The zero-order valence-electron chi connectivity index (χ0n) is 51.6. The highest BCUT2D eigenvalue weighted by Gasteiger charge is 2.20. The van der Waals surface area contributed by atoms with Crippen LogP contribution in [-0.4, -0.2) is 69.5 Å². The molecule has 0 unspecified atom stereocenters. The fraction of sp³-hybridized carbons (Fsp3) is 0.277. The van der Waals surface area contributed by atoms with Crippen LogP contribution in [0.3, 0.4) is 0 Å². The monoisotopic (exact) mass is 1220 g/mol. The lowest BCUT2D eigenvalue weighted by atomic mass is 9.98. The Hall–Kier alpha value is -9.35. The molecule has 9 aromatic heterocycles. The van der Waals surface area contributed by atoms with Crippen molar-refractivity contribution in [1.82, 2.24) is 64.8 Å². The first-order valence-corrected chi connectivity index (χ1v) is 29.8. The van der Waals surface area contributed by atoms with Crippen LogP contribution in [0, 0.1) is 59.3 Å². The molecule has 0 spiro atoms. The highest BCUT2D eigenvalue weighted by molar-refractivity contribution is 8.00. The number of terminal acetylenes is 2. The maximum atomic E-state index is 6.01. The quantitative estimate of drug-likeness (QED) is 0.0581. The van der Waals surface area contributed by atoms with E-state index in [2.05, 4.69) is 138 Å². The summed E-state index contributed by atoms with van der Waals surface area (Å²) in [6, 6.07) is 7.58. The molecule has 9 aromatic rings. The lowest BCUT2D eigenvalue weighted by Gasteiger charge is -2.19. The van der Waals surface area contributed by atoms with E-state index in [-0.39, 0.29) is 10.7 Å². The lowest BCUT2D eigenvalue weighted by Crippen LogP contribution is -2.08. The average Bonchev–Trinajstić information content (AvgIpc) is 2.52. The molecule has 87 heavy (non-hydrogen) atoms. The summed E-state index contributed by atoms with van der Waals surface area (Å²) >= 11 is 4.76. The number of nitrogens with two attached hydrogens (primary N) is 4. The number of pyridine rings is 4. The maximum absolute atomic E-state index is 6.01. The average molecular weight is 1220 g/mol. The lowest BCUT2D eigenvalue weighted by molar-refractivity contribution is 0.467. The van der Waals surface area contributed by atoms with E-state index in [1.54, 1.807) is 81.1 Å². The Morgan fingerprint density at radius 3 is 1.52 bits per heavy atom. The van der Waals surface area contributed by atoms with Gasteiger partial charge in [-0.2, -0.15) is 0 Å². The summed E-state index contributed by atoms with van der Waals surface area (Å²) in [4.78, 5) is 58.0. The van der Waals surface area contributed by atoms with Crippen molar-refractivity contribution in [3.05, 3.63) is 166 Å². The summed E-state index contributed by atoms with van der Waals surface area (Å²) in [5.41, 5.74) is 33.4. The minimum atomic E-state index is 0.0790. The summed E-state index contributed by atoms with van der Waals surface area (Å²) in [5.74, 6) is 12.1. The van der Waals surface area contributed by atoms with Gasteiger partial charge in [-0.15, -0.1) is 35.9 Å². The molecule has 9 heterocycles.